The number of hydrogen-bond acceptors (Lipinski definition) is 8. The van der Waals surface area contributed by atoms with Crippen LogP contribution in [0.5, 0.6) is 5.75 Å². The Morgan fingerprint density at radius 3 is 2.59 bits per heavy atom. The average Bonchev–Trinajstić information content (AvgIpc) is 3.30. The minimum Gasteiger partial charge on any atom is -0.497 e. The third-order valence-electron chi connectivity index (χ3n) is 5.59. The van der Waals surface area contributed by atoms with E-state index in [-0.39, 0.29) is 42.3 Å². The SMILES string of the molecule is CCOC(=O)c1ccc(CC(=O)Nc2csc3nc(C(=O)CCc4cccc(OC)c4)[nH]c(=O)c23)cc1. The van der Waals surface area contributed by atoms with Crippen LogP contribution < -0.4 is 15.6 Å². The summed E-state index contributed by atoms with van der Waals surface area (Å²) in [4.78, 5) is 57.1. The number of nitrogens with one attached hydrogen (secondary N) is 2. The van der Waals surface area contributed by atoms with Gasteiger partial charge < -0.3 is 19.8 Å². The van der Waals surface area contributed by atoms with Crippen molar-refractivity contribution in [3.05, 3.63) is 86.8 Å². The van der Waals surface area contributed by atoms with E-state index in [9.17, 15) is 19.2 Å². The number of ether oxygens (including phenoxy) is 2. The Balaban J connectivity index is 1.42. The van der Waals surface area contributed by atoms with Crippen LogP contribution in [0, 0.1) is 0 Å². The second-order valence-corrected chi connectivity index (χ2v) is 9.02. The van der Waals surface area contributed by atoms with E-state index < -0.39 is 11.5 Å². The standard InChI is InChI=1S/C27H25N3O6S/c1-3-36-27(34)18-10-7-17(8-11-18)14-22(32)28-20-15-37-26-23(20)25(33)29-24(30-26)21(31)12-9-16-5-4-6-19(13-16)35-2/h4-8,10-11,13,15H,3,9,12,14H2,1-2H3,(H,28,32)(H,29,30,33). The highest BCUT2D eigenvalue weighted by atomic mass is 32.1. The molecule has 4 aromatic rings. The first kappa shape index (κ1) is 25.8. The van der Waals surface area contributed by atoms with E-state index in [1.165, 1.54) is 11.3 Å². The van der Waals surface area contributed by atoms with Gasteiger partial charge in [-0.25, -0.2) is 9.78 Å². The third-order valence-corrected chi connectivity index (χ3v) is 6.46. The number of amides is 1. The molecule has 4 rings (SSSR count). The predicted octanol–water partition coefficient (Wildman–Crippen LogP) is 4.17. The molecule has 37 heavy (non-hydrogen) atoms. The average molecular weight is 520 g/mol. The lowest BCUT2D eigenvalue weighted by molar-refractivity contribution is -0.115. The number of aromatic amines is 1. The highest BCUT2D eigenvalue weighted by Crippen LogP contribution is 2.26. The van der Waals surface area contributed by atoms with Crippen molar-refractivity contribution in [2.24, 2.45) is 0 Å². The van der Waals surface area contributed by atoms with Gasteiger partial charge in [0.25, 0.3) is 5.56 Å². The molecule has 0 saturated heterocycles. The Morgan fingerprint density at radius 1 is 1.08 bits per heavy atom. The predicted molar refractivity (Wildman–Crippen MR) is 141 cm³/mol. The molecule has 0 unspecified atom stereocenters. The molecular formula is C27H25N3O6S. The lowest BCUT2D eigenvalue weighted by Crippen LogP contribution is -2.18. The summed E-state index contributed by atoms with van der Waals surface area (Å²) in [5.41, 5.74) is 1.87. The van der Waals surface area contributed by atoms with Crippen molar-refractivity contribution in [1.29, 1.82) is 0 Å². The summed E-state index contributed by atoms with van der Waals surface area (Å²) in [5.74, 6) is -0.344. The highest BCUT2D eigenvalue weighted by molar-refractivity contribution is 7.17. The number of esters is 1. The van der Waals surface area contributed by atoms with E-state index in [2.05, 4.69) is 15.3 Å². The number of benzene rings is 2. The van der Waals surface area contributed by atoms with E-state index in [1.54, 1.807) is 43.7 Å². The van der Waals surface area contributed by atoms with Crippen molar-refractivity contribution >= 4 is 44.9 Å². The largest absolute Gasteiger partial charge is 0.497 e. The molecular weight excluding hydrogens is 494 g/mol. The van der Waals surface area contributed by atoms with E-state index in [0.717, 1.165) is 5.56 Å². The number of thiophene rings is 1. The zero-order valence-electron chi connectivity index (χ0n) is 20.3. The molecule has 0 bridgehead atoms. The lowest BCUT2D eigenvalue weighted by Gasteiger charge is -2.06. The van der Waals surface area contributed by atoms with Gasteiger partial charge in [-0.3, -0.25) is 14.4 Å². The van der Waals surface area contributed by atoms with Gasteiger partial charge in [0, 0.05) is 11.8 Å². The molecule has 0 saturated carbocycles. The summed E-state index contributed by atoms with van der Waals surface area (Å²) in [6.07, 6.45) is 0.697. The number of ketones is 1. The van der Waals surface area contributed by atoms with Crippen LogP contribution in [0.4, 0.5) is 5.69 Å². The number of rotatable bonds is 10. The van der Waals surface area contributed by atoms with Crippen LogP contribution in [0.3, 0.4) is 0 Å². The lowest BCUT2D eigenvalue weighted by atomic mass is 10.1. The molecule has 2 heterocycles. The molecule has 0 aliphatic carbocycles. The molecule has 0 aliphatic rings. The van der Waals surface area contributed by atoms with Crippen LogP contribution in [0.1, 0.15) is 45.4 Å². The number of carbonyl (C=O) groups excluding carboxylic acids is 3. The van der Waals surface area contributed by atoms with E-state index in [0.29, 0.717) is 33.8 Å². The molecule has 2 aromatic heterocycles. The molecule has 190 valence electrons. The first-order valence-corrected chi connectivity index (χ1v) is 12.5. The molecule has 0 radical (unpaired) electrons. The van der Waals surface area contributed by atoms with Gasteiger partial charge in [-0.2, -0.15) is 0 Å². The van der Waals surface area contributed by atoms with Crippen LogP contribution in [0.25, 0.3) is 10.2 Å². The number of methoxy groups -OCH3 is 1. The normalized spacial score (nSPS) is 10.8. The first-order chi connectivity index (χ1) is 17.9. The number of fused-ring (bicyclic) bond motifs is 1. The maximum Gasteiger partial charge on any atom is 0.338 e. The maximum atomic E-state index is 12.8. The van der Waals surface area contributed by atoms with Crippen molar-refractivity contribution in [3.63, 3.8) is 0 Å². The Bertz CT molecular complexity index is 1510. The fourth-order valence-electron chi connectivity index (χ4n) is 3.73. The maximum absolute atomic E-state index is 12.8. The summed E-state index contributed by atoms with van der Waals surface area (Å²) < 4.78 is 10.2. The molecule has 2 N–H and O–H groups in total. The van der Waals surface area contributed by atoms with Gasteiger partial charge >= 0.3 is 5.97 Å². The quantitative estimate of drug-likeness (QED) is 0.238. The van der Waals surface area contributed by atoms with Gasteiger partial charge in [-0.1, -0.05) is 24.3 Å². The Morgan fingerprint density at radius 2 is 1.86 bits per heavy atom. The number of carbonyl (C=O) groups is 3. The van der Waals surface area contributed by atoms with Crippen molar-refractivity contribution in [2.75, 3.05) is 19.0 Å². The molecule has 0 aliphatic heterocycles. The fourth-order valence-corrected chi connectivity index (χ4v) is 4.60. The van der Waals surface area contributed by atoms with Crippen molar-refractivity contribution < 1.29 is 23.9 Å². The summed E-state index contributed by atoms with van der Waals surface area (Å²) in [6, 6.07) is 14.0. The summed E-state index contributed by atoms with van der Waals surface area (Å²) in [6.45, 7) is 2.01. The van der Waals surface area contributed by atoms with Crippen LogP contribution in [0.2, 0.25) is 0 Å². The zero-order chi connectivity index (χ0) is 26.4. The van der Waals surface area contributed by atoms with Gasteiger partial charge in [-0.15, -0.1) is 11.3 Å². The Labute approximate surface area is 216 Å². The smallest absolute Gasteiger partial charge is 0.338 e. The monoisotopic (exact) mass is 519 g/mol. The summed E-state index contributed by atoms with van der Waals surface area (Å²) >= 11 is 1.17. The summed E-state index contributed by atoms with van der Waals surface area (Å²) in [7, 11) is 1.58. The van der Waals surface area contributed by atoms with Gasteiger partial charge in [-0.05, 0) is 48.7 Å². The number of aromatic nitrogens is 2. The summed E-state index contributed by atoms with van der Waals surface area (Å²) in [5, 5.41) is 4.59. The fraction of sp³-hybridized carbons (Fsp3) is 0.222. The molecule has 2 aromatic carbocycles. The topological polar surface area (TPSA) is 127 Å². The number of aryl methyl sites for hydroxylation is 1. The van der Waals surface area contributed by atoms with E-state index >= 15 is 0 Å². The highest BCUT2D eigenvalue weighted by Gasteiger charge is 2.17. The van der Waals surface area contributed by atoms with Gasteiger partial charge in [0.05, 0.1) is 31.4 Å². The van der Waals surface area contributed by atoms with Crippen molar-refractivity contribution in [3.8, 4) is 5.75 Å². The van der Waals surface area contributed by atoms with Crippen LogP contribution >= 0.6 is 11.3 Å². The molecule has 9 nitrogen and oxygen atoms in total. The third kappa shape index (κ3) is 6.28. The van der Waals surface area contributed by atoms with Crippen molar-refractivity contribution in [1.82, 2.24) is 9.97 Å². The van der Waals surface area contributed by atoms with Gasteiger partial charge in [0.15, 0.2) is 11.6 Å². The number of hydrogen-bond donors (Lipinski definition) is 2. The Kier molecular flexibility index (Phi) is 8.09. The second-order valence-electron chi connectivity index (χ2n) is 8.16. The first-order valence-electron chi connectivity index (χ1n) is 11.6. The molecule has 0 fully saturated rings. The number of anilines is 1. The zero-order valence-corrected chi connectivity index (χ0v) is 21.1. The molecule has 10 heteroatoms. The molecule has 0 spiro atoms. The molecule has 0 atom stereocenters. The number of nitrogens with zero attached hydrogens (tertiary/aromatic N) is 1. The van der Waals surface area contributed by atoms with Crippen LogP contribution in [-0.4, -0.2) is 41.3 Å². The second kappa shape index (κ2) is 11.6. The van der Waals surface area contributed by atoms with E-state index in [4.69, 9.17) is 9.47 Å². The van der Waals surface area contributed by atoms with Crippen molar-refractivity contribution in [2.45, 2.75) is 26.2 Å². The van der Waals surface area contributed by atoms with E-state index in [1.807, 2.05) is 24.3 Å². The van der Waals surface area contributed by atoms with Crippen LogP contribution in [-0.2, 0) is 22.4 Å². The number of Topliss-reactive ketones (excluding diaryl/α,β-unsaturated/α-hetero) is 1. The minimum atomic E-state index is -0.495. The minimum absolute atomic E-state index is 0.0122. The molecule has 1 amide bonds. The van der Waals surface area contributed by atoms with Gasteiger partial charge in [0.2, 0.25) is 5.91 Å². The van der Waals surface area contributed by atoms with Crippen LogP contribution in [0.15, 0.2) is 58.7 Å². The van der Waals surface area contributed by atoms with Gasteiger partial charge in [0.1, 0.15) is 16.0 Å². The Hall–Kier alpha value is -4.31. The number of H-pyrrole nitrogens is 1.